The van der Waals surface area contributed by atoms with Gasteiger partial charge in [-0.05, 0) is 25.5 Å². The Balaban J connectivity index is 1.63. The molecule has 0 saturated carbocycles. The molecule has 3 rings (SSSR count). The van der Waals surface area contributed by atoms with E-state index in [9.17, 15) is 18.0 Å². The fraction of sp³-hybridized carbons (Fsp3) is 0.389. The summed E-state index contributed by atoms with van der Waals surface area (Å²) >= 11 is 0. The van der Waals surface area contributed by atoms with Crippen molar-refractivity contribution in [1.29, 1.82) is 0 Å². The van der Waals surface area contributed by atoms with Crippen LogP contribution in [0.5, 0.6) is 0 Å². The number of carbonyl (C=O) groups is 2. The van der Waals surface area contributed by atoms with Crippen LogP contribution in [0.2, 0.25) is 0 Å². The molecular weight excluding hydrogens is 356 g/mol. The second-order valence-electron chi connectivity index (χ2n) is 6.20. The van der Waals surface area contributed by atoms with E-state index in [1.807, 2.05) is 18.2 Å². The highest BCUT2D eigenvalue weighted by Gasteiger charge is 2.34. The smallest absolute Gasteiger partial charge is 0.357 e. The first-order valence-corrected chi connectivity index (χ1v) is 10.2. The van der Waals surface area contributed by atoms with Crippen molar-refractivity contribution >= 4 is 32.6 Å². The first-order valence-electron chi connectivity index (χ1n) is 8.42. The molecule has 138 valence electrons. The molecule has 1 amide bonds. The molecule has 0 unspecified atom stereocenters. The average Bonchev–Trinajstić information content (AvgIpc) is 2.99. The average molecular weight is 376 g/mol. The van der Waals surface area contributed by atoms with E-state index in [4.69, 9.17) is 4.74 Å². The van der Waals surface area contributed by atoms with Crippen molar-refractivity contribution in [1.82, 2.24) is 9.88 Å². The third-order valence-electron chi connectivity index (χ3n) is 4.44. The van der Waals surface area contributed by atoms with Crippen LogP contribution in [-0.2, 0) is 19.4 Å². The third-order valence-corrected chi connectivity index (χ3v) is 6.19. The minimum absolute atomic E-state index is 0.0350. The van der Waals surface area contributed by atoms with Crippen molar-refractivity contribution in [2.24, 2.45) is 0 Å². The molecule has 2 heterocycles. The van der Waals surface area contributed by atoms with Gasteiger partial charge < -0.3 is 9.64 Å². The van der Waals surface area contributed by atoms with Crippen LogP contribution in [0.4, 0.5) is 0 Å². The van der Waals surface area contributed by atoms with E-state index >= 15 is 0 Å². The number of sulfone groups is 1. The van der Waals surface area contributed by atoms with Gasteiger partial charge in [0.1, 0.15) is 5.69 Å². The second-order valence-corrected chi connectivity index (χ2v) is 8.43. The van der Waals surface area contributed by atoms with E-state index in [1.54, 1.807) is 25.1 Å². The van der Waals surface area contributed by atoms with E-state index in [2.05, 4.69) is 4.98 Å². The first kappa shape index (κ1) is 18.3. The lowest BCUT2D eigenvalue weighted by Crippen LogP contribution is -2.43. The quantitative estimate of drug-likeness (QED) is 0.733. The van der Waals surface area contributed by atoms with Crippen LogP contribution in [0.1, 0.15) is 23.8 Å². The molecule has 1 saturated heterocycles. The molecule has 1 fully saturated rings. The van der Waals surface area contributed by atoms with Gasteiger partial charge >= 0.3 is 5.97 Å². The first-order chi connectivity index (χ1) is 12.4. The van der Waals surface area contributed by atoms with E-state index in [0.29, 0.717) is 18.5 Å². The molecule has 1 atom stereocenters. The highest BCUT2D eigenvalue weighted by Crippen LogP contribution is 2.18. The second kappa shape index (κ2) is 7.41. The van der Waals surface area contributed by atoms with E-state index in [0.717, 1.165) is 5.39 Å². The summed E-state index contributed by atoms with van der Waals surface area (Å²) in [6.07, 6.45) is 0.419. The summed E-state index contributed by atoms with van der Waals surface area (Å²) in [4.78, 5) is 30.2. The molecule has 7 nitrogen and oxygen atoms in total. The van der Waals surface area contributed by atoms with Crippen molar-refractivity contribution in [3.8, 4) is 0 Å². The maximum absolute atomic E-state index is 12.4. The highest BCUT2D eigenvalue weighted by atomic mass is 32.2. The summed E-state index contributed by atoms with van der Waals surface area (Å²) in [6, 6.07) is 10.3. The molecule has 1 aliphatic heterocycles. The van der Waals surface area contributed by atoms with Gasteiger partial charge in [-0.3, -0.25) is 4.79 Å². The molecule has 0 aliphatic carbocycles. The lowest BCUT2D eigenvalue weighted by Gasteiger charge is -2.26. The summed E-state index contributed by atoms with van der Waals surface area (Å²) < 4.78 is 28.3. The molecule has 1 aliphatic rings. The zero-order valence-corrected chi connectivity index (χ0v) is 15.2. The predicted molar refractivity (Wildman–Crippen MR) is 96.5 cm³/mol. The Labute approximate surface area is 151 Å². The van der Waals surface area contributed by atoms with Gasteiger partial charge in [0, 0.05) is 18.0 Å². The Bertz CT molecular complexity index is 942. The fourth-order valence-corrected chi connectivity index (χ4v) is 4.85. The summed E-state index contributed by atoms with van der Waals surface area (Å²) in [7, 11) is -3.09. The summed E-state index contributed by atoms with van der Waals surface area (Å²) in [5.74, 6) is -1.03. The molecule has 0 spiro atoms. The lowest BCUT2D eigenvalue weighted by molar-refractivity contribution is -0.136. The van der Waals surface area contributed by atoms with Gasteiger partial charge in [0.2, 0.25) is 0 Å². The van der Waals surface area contributed by atoms with Crippen molar-refractivity contribution in [2.45, 2.75) is 19.4 Å². The van der Waals surface area contributed by atoms with E-state index in [1.165, 1.54) is 4.90 Å². The van der Waals surface area contributed by atoms with E-state index in [-0.39, 0.29) is 23.2 Å². The number of rotatable bonds is 5. The van der Waals surface area contributed by atoms with Crippen molar-refractivity contribution in [2.75, 3.05) is 24.7 Å². The number of hydrogen-bond donors (Lipinski definition) is 0. The van der Waals surface area contributed by atoms with Crippen LogP contribution in [0, 0.1) is 0 Å². The highest BCUT2D eigenvalue weighted by molar-refractivity contribution is 7.91. The molecular formula is C18H20N2O5S. The SMILES string of the molecule is CCN(C(=O)COC(=O)c1ccc2ccccc2n1)[C@H]1CCS(=O)(=O)C1. The lowest BCUT2D eigenvalue weighted by atomic mass is 10.2. The molecule has 26 heavy (non-hydrogen) atoms. The largest absolute Gasteiger partial charge is 0.451 e. The zero-order valence-electron chi connectivity index (χ0n) is 14.4. The van der Waals surface area contributed by atoms with Gasteiger partial charge in [-0.1, -0.05) is 24.3 Å². The van der Waals surface area contributed by atoms with Gasteiger partial charge in [0.15, 0.2) is 16.4 Å². The fourth-order valence-electron chi connectivity index (χ4n) is 3.12. The maximum atomic E-state index is 12.4. The number of nitrogens with zero attached hydrogens (tertiary/aromatic N) is 2. The molecule has 0 bridgehead atoms. The Morgan fingerprint density at radius 3 is 2.69 bits per heavy atom. The Morgan fingerprint density at radius 1 is 1.23 bits per heavy atom. The molecule has 0 radical (unpaired) electrons. The number of pyridine rings is 1. The number of esters is 1. The van der Waals surface area contributed by atoms with Crippen LogP contribution in [0.25, 0.3) is 10.9 Å². The topological polar surface area (TPSA) is 93.6 Å². The number of carbonyl (C=O) groups excluding carboxylic acids is 2. The van der Waals surface area contributed by atoms with Crippen LogP contribution in [-0.4, -0.2) is 60.9 Å². The number of likely N-dealkylation sites (N-methyl/N-ethyl adjacent to an activating group) is 1. The normalized spacial score (nSPS) is 18.6. The zero-order chi connectivity index (χ0) is 18.7. The van der Waals surface area contributed by atoms with Gasteiger partial charge in [-0.15, -0.1) is 0 Å². The number of aromatic nitrogens is 1. The van der Waals surface area contributed by atoms with Crippen LogP contribution >= 0.6 is 0 Å². The number of benzene rings is 1. The molecule has 2 aromatic rings. The van der Waals surface area contributed by atoms with Crippen molar-refractivity contribution in [3.63, 3.8) is 0 Å². The molecule has 8 heteroatoms. The number of fused-ring (bicyclic) bond motifs is 1. The van der Waals surface area contributed by atoms with Gasteiger partial charge in [0.05, 0.1) is 17.0 Å². The standard InChI is InChI=1S/C18H20N2O5S/c1-2-20(14-9-10-26(23,24)12-14)17(21)11-25-18(22)16-8-7-13-5-3-4-6-15(13)19-16/h3-8,14H,2,9-12H2,1H3/t14-/m0/s1. The van der Waals surface area contributed by atoms with Crippen molar-refractivity contribution < 1.29 is 22.7 Å². The number of hydrogen-bond acceptors (Lipinski definition) is 6. The van der Waals surface area contributed by atoms with Crippen LogP contribution < -0.4 is 0 Å². The van der Waals surface area contributed by atoms with Crippen molar-refractivity contribution in [3.05, 3.63) is 42.1 Å². The number of amides is 1. The Morgan fingerprint density at radius 2 is 2.00 bits per heavy atom. The molecule has 0 N–H and O–H groups in total. The molecule has 1 aromatic carbocycles. The number of para-hydroxylation sites is 1. The van der Waals surface area contributed by atoms with Crippen LogP contribution in [0.3, 0.4) is 0 Å². The van der Waals surface area contributed by atoms with Gasteiger partial charge in [0.25, 0.3) is 5.91 Å². The summed E-state index contributed by atoms with van der Waals surface area (Å²) in [5, 5.41) is 0.903. The van der Waals surface area contributed by atoms with Gasteiger partial charge in [-0.25, -0.2) is 18.2 Å². The van der Waals surface area contributed by atoms with E-state index < -0.39 is 28.3 Å². The monoisotopic (exact) mass is 376 g/mol. The third kappa shape index (κ3) is 4.01. The van der Waals surface area contributed by atoms with Crippen LogP contribution in [0.15, 0.2) is 36.4 Å². The molecule has 1 aromatic heterocycles. The Kier molecular flexibility index (Phi) is 5.22. The Hall–Kier alpha value is -2.48. The minimum atomic E-state index is -3.09. The maximum Gasteiger partial charge on any atom is 0.357 e. The summed E-state index contributed by atoms with van der Waals surface area (Å²) in [5.41, 5.74) is 0.794. The summed E-state index contributed by atoms with van der Waals surface area (Å²) in [6.45, 7) is 1.71. The predicted octanol–water partition coefficient (Wildman–Crippen LogP) is 1.43. The minimum Gasteiger partial charge on any atom is -0.451 e. The van der Waals surface area contributed by atoms with Gasteiger partial charge in [-0.2, -0.15) is 0 Å². The number of ether oxygens (including phenoxy) is 1.